The zero-order chi connectivity index (χ0) is 49.7. The first kappa shape index (κ1) is 49.6. The molecule has 0 spiro atoms. The molecule has 8 aromatic rings. The fourth-order valence-electron chi connectivity index (χ4n) is 8.81. The molecular weight excluding hydrogens is 929 g/mol. The van der Waals surface area contributed by atoms with Crippen LogP contribution in [0, 0.1) is 0 Å². The van der Waals surface area contributed by atoms with Crippen LogP contribution in [0.3, 0.4) is 0 Å². The molecule has 0 radical (unpaired) electrons. The van der Waals surface area contributed by atoms with Gasteiger partial charge >= 0.3 is 23.9 Å². The highest BCUT2D eigenvalue weighted by atomic mass is 32.2. The van der Waals surface area contributed by atoms with Gasteiger partial charge in [0.25, 0.3) is 0 Å². The zero-order valence-electron chi connectivity index (χ0n) is 39.0. The molecule has 8 rings (SSSR count). The van der Waals surface area contributed by atoms with E-state index in [1.807, 2.05) is 97.1 Å². The Morgan fingerprint density at radius 1 is 0.366 bits per heavy atom. The van der Waals surface area contributed by atoms with Crippen LogP contribution < -0.4 is 4.74 Å². The van der Waals surface area contributed by atoms with Gasteiger partial charge in [0.05, 0.1) is 36.2 Å². The number of fused-ring (bicyclic) bond motifs is 4. The Kier molecular flexibility index (Phi) is 16.5. The zero-order valence-corrected chi connectivity index (χ0v) is 40.6. The van der Waals surface area contributed by atoms with Crippen LogP contribution in [-0.2, 0) is 63.8 Å². The topological polar surface area (TPSA) is 114 Å². The van der Waals surface area contributed by atoms with Crippen LogP contribution in [0.4, 0.5) is 0 Å². The largest absolute Gasteiger partial charge is 0.462 e. The van der Waals surface area contributed by atoms with E-state index in [1.165, 1.54) is 0 Å². The molecular formula is C60H50O9S2. The van der Waals surface area contributed by atoms with Crippen LogP contribution in [0.5, 0.6) is 11.5 Å². The molecule has 0 unspecified atom stereocenters. The predicted molar refractivity (Wildman–Crippen MR) is 284 cm³/mol. The number of rotatable bonds is 22. The molecule has 356 valence electrons. The van der Waals surface area contributed by atoms with Crippen LogP contribution in [0.1, 0.15) is 22.3 Å². The molecule has 0 fully saturated rings. The van der Waals surface area contributed by atoms with E-state index in [4.69, 9.17) is 23.7 Å². The molecule has 0 heterocycles. The summed E-state index contributed by atoms with van der Waals surface area (Å²) in [6, 6.07) is 44.5. The van der Waals surface area contributed by atoms with E-state index < -0.39 is 23.9 Å². The summed E-state index contributed by atoms with van der Waals surface area (Å²) in [7, 11) is 0. The lowest BCUT2D eigenvalue weighted by Gasteiger charge is -2.25. The minimum absolute atomic E-state index is 0.0540. The smallest absolute Gasteiger partial charge is 0.330 e. The quantitative estimate of drug-likeness (QED) is 0.0280. The van der Waals surface area contributed by atoms with Crippen molar-refractivity contribution in [3.8, 4) is 11.5 Å². The van der Waals surface area contributed by atoms with E-state index in [-0.39, 0.29) is 26.4 Å². The van der Waals surface area contributed by atoms with Gasteiger partial charge in [-0.15, -0.1) is 0 Å². The van der Waals surface area contributed by atoms with Gasteiger partial charge in [-0.05, 0) is 91.0 Å². The third kappa shape index (κ3) is 11.4. The van der Waals surface area contributed by atoms with E-state index in [9.17, 15) is 19.2 Å². The number of benzene rings is 8. The van der Waals surface area contributed by atoms with Gasteiger partial charge in [-0.2, -0.15) is 0 Å². The predicted octanol–water partition coefficient (Wildman–Crippen LogP) is 13.5. The number of hydrogen-bond acceptors (Lipinski definition) is 11. The van der Waals surface area contributed by atoms with Gasteiger partial charge in [0, 0.05) is 70.6 Å². The van der Waals surface area contributed by atoms with Crippen molar-refractivity contribution < 1.29 is 42.9 Å². The van der Waals surface area contributed by atoms with Crippen molar-refractivity contribution in [3.63, 3.8) is 0 Å². The summed E-state index contributed by atoms with van der Waals surface area (Å²) in [5.41, 5.74) is 3.64. The molecule has 0 aliphatic carbocycles. The van der Waals surface area contributed by atoms with Gasteiger partial charge in [0.2, 0.25) is 0 Å². The van der Waals surface area contributed by atoms with E-state index in [0.29, 0.717) is 37.2 Å². The fraction of sp³-hybridized carbons (Fsp3) is 0.133. The molecule has 0 aliphatic rings. The molecule has 9 nitrogen and oxygen atoms in total. The minimum Gasteiger partial charge on any atom is -0.462 e. The molecule has 0 saturated heterocycles. The summed E-state index contributed by atoms with van der Waals surface area (Å²) in [4.78, 5) is 53.5. The molecule has 0 aromatic heterocycles. The summed E-state index contributed by atoms with van der Waals surface area (Å²) in [5, 5.41) is 7.02. The Labute approximate surface area is 420 Å². The third-order valence-corrected chi connectivity index (χ3v) is 13.9. The van der Waals surface area contributed by atoms with Crippen molar-refractivity contribution >= 4 is 90.5 Å². The van der Waals surface area contributed by atoms with Crippen molar-refractivity contribution in [3.05, 3.63) is 206 Å². The van der Waals surface area contributed by atoms with E-state index in [0.717, 1.165) is 109 Å². The number of esters is 4. The van der Waals surface area contributed by atoms with Gasteiger partial charge in [-0.25, -0.2) is 19.2 Å². The van der Waals surface area contributed by atoms with Crippen molar-refractivity contribution in [2.45, 2.75) is 45.3 Å². The third-order valence-electron chi connectivity index (χ3n) is 11.8. The van der Waals surface area contributed by atoms with Gasteiger partial charge < -0.3 is 23.7 Å². The maximum Gasteiger partial charge on any atom is 0.330 e. The molecule has 11 heteroatoms. The van der Waals surface area contributed by atoms with Crippen LogP contribution in [0.15, 0.2) is 204 Å². The Balaban J connectivity index is 1.49. The first-order chi connectivity index (χ1) is 34.7. The van der Waals surface area contributed by atoms with Crippen LogP contribution in [0.2, 0.25) is 0 Å². The monoisotopic (exact) mass is 978 g/mol. The highest BCUT2D eigenvalue weighted by Crippen LogP contribution is 2.52. The number of hydrogen-bond donors (Lipinski definition) is 0. The summed E-state index contributed by atoms with van der Waals surface area (Å²) < 4.78 is 30.4. The molecule has 0 aliphatic heterocycles. The van der Waals surface area contributed by atoms with Crippen molar-refractivity contribution in [1.82, 2.24) is 0 Å². The molecule has 71 heavy (non-hydrogen) atoms. The number of carbonyl (C=O) groups excluding carboxylic acids is 4. The summed E-state index contributed by atoms with van der Waals surface area (Å²) in [6.45, 7) is 14.7. The maximum atomic E-state index is 12.6. The Bertz CT molecular complexity index is 3120. The summed E-state index contributed by atoms with van der Waals surface area (Å²) in [5.74, 6) is -1.02. The fourth-order valence-corrected chi connectivity index (χ4v) is 10.7. The lowest BCUT2D eigenvalue weighted by molar-refractivity contribution is -0.138. The van der Waals surface area contributed by atoms with Gasteiger partial charge in [-0.1, -0.05) is 147 Å². The second kappa shape index (κ2) is 23.6. The molecule has 0 saturated carbocycles. The van der Waals surface area contributed by atoms with E-state index in [1.54, 1.807) is 23.5 Å². The lowest BCUT2D eigenvalue weighted by atomic mass is 9.88. The second-order valence-electron chi connectivity index (χ2n) is 16.1. The average molecular weight is 979 g/mol. The van der Waals surface area contributed by atoms with E-state index >= 15 is 0 Å². The van der Waals surface area contributed by atoms with Gasteiger partial charge in [-0.3, -0.25) is 0 Å². The Hall–Kier alpha value is -7.86. The SMILES string of the molecule is C=CC(=O)OCCc1c2ccccc2c(CCOC(=O)C=C)c2c(Oc3c(Sc4ccccc4)ccc4c(CCOC(=O)C=C)c5ccccc5c(CCOC(=O)C=C)c34)c(Sc3ccccc3)ccc12. The van der Waals surface area contributed by atoms with Crippen molar-refractivity contribution in [2.75, 3.05) is 26.4 Å². The highest BCUT2D eigenvalue weighted by Gasteiger charge is 2.26. The normalized spacial score (nSPS) is 11.0. The first-order valence-electron chi connectivity index (χ1n) is 23.0. The Morgan fingerprint density at radius 3 is 0.986 bits per heavy atom. The second-order valence-corrected chi connectivity index (χ2v) is 18.3. The van der Waals surface area contributed by atoms with Crippen LogP contribution in [0.25, 0.3) is 43.1 Å². The highest BCUT2D eigenvalue weighted by molar-refractivity contribution is 7.99. The van der Waals surface area contributed by atoms with Crippen molar-refractivity contribution in [2.24, 2.45) is 0 Å². The van der Waals surface area contributed by atoms with E-state index in [2.05, 4.69) is 62.7 Å². The molecule has 0 atom stereocenters. The molecule has 0 N–H and O–H groups in total. The van der Waals surface area contributed by atoms with Crippen molar-refractivity contribution in [1.29, 1.82) is 0 Å². The standard InChI is InChI=1S/C60H50O9S2/c1-5-53(61)65-35-31-45-41-23-15-17-25-43(41)49(33-37-67-55(63)7-3)57-47(45)27-29-51(70-39-19-11-9-12-20-39)59(57)69-60-52(71-40-21-13-10-14-22-40)30-28-48-46(32-36-66-54(62)6-2)42-24-16-18-26-44(42)50(58(48)60)34-38-68-56(64)8-4/h5-30H,1-4,31-38H2. The Morgan fingerprint density at radius 2 is 0.662 bits per heavy atom. The average Bonchev–Trinajstić information content (AvgIpc) is 3.40. The maximum absolute atomic E-state index is 12.6. The summed E-state index contributed by atoms with van der Waals surface area (Å²) in [6.07, 6.45) is 5.98. The summed E-state index contributed by atoms with van der Waals surface area (Å²) >= 11 is 3.10. The van der Waals surface area contributed by atoms with Crippen LogP contribution in [-0.4, -0.2) is 50.3 Å². The van der Waals surface area contributed by atoms with Crippen LogP contribution >= 0.6 is 23.5 Å². The minimum atomic E-state index is -0.539. The molecule has 0 amide bonds. The number of ether oxygens (including phenoxy) is 5. The molecule has 0 bridgehead atoms. The van der Waals surface area contributed by atoms with Gasteiger partial charge in [0.1, 0.15) is 11.5 Å². The molecule has 8 aromatic carbocycles. The van der Waals surface area contributed by atoms with Gasteiger partial charge in [0.15, 0.2) is 0 Å². The lowest BCUT2D eigenvalue weighted by Crippen LogP contribution is -2.09. The number of carbonyl (C=O) groups is 4. The first-order valence-corrected chi connectivity index (χ1v) is 24.6.